The summed E-state index contributed by atoms with van der Waals surface area (Å²) in [5.41, 5.74) is 0.467. The van der Waals surface area contributed by atoms with Gasteiger partial charge in [0.25, 0.3) is 0 Å². The van der Waals surface area contributed by atoms with Crippen molar-refractivity contribution in [1.82, 2.24) is 5.32 Å². The highest BCUT2D eigenvalue weighted by atomic mass is 19.1. The highest BCUT2D eigenvalue weighted by Gasteiger charge is 2.20. The summed E-state index contributed by atoms with van der Waals surface area (Å²) < 4.78 is 31.1. The monoisotopic (exact) mass is 339 g/mol. The first kappa shape index (κ1) is 15.7. The molecule has 0 spiro atoms. The van der Waals surface area contributed by atoms with Gasteiger partial charge in [0.2, 0.25) is 0 Å². The Morgan fingerprint density at radius 3 is 2.64 bits per heavy atom. The summed E-state index contributed by atoms with van der Waals surface area (Å²) in [5, 5.41) is 3.29. The maximum absolute atomic E-state index is 13.8. The van der Waals surface area contributed by atoms with E-state index in [-0.39, 0.29) is 11.9 Å². The van der Waals surface area contributed by atoms with E-state index in [1.54, 1.807) is 24.3 Å². The van der Waals surface area contributed by atoms with Gasteiger partial charge in [-0.2, -0.15) is 0 Å². The van der Waals surface area contributed by atoms with Gasteiger partial charge < -0.3 is 19.2 Å². The molecule has 0 fully saturated rings. The molecule has 0 unspecified atom stereocenters. The number of hydrogen-bond acceptors (Lipinski definition) is 4. The quantitative estimate of drug-likeness (QED) is 0.763. The third-order valence-electron chi connectivity index (χ3n) is 4.04. The average molecular weight is 339 g/mol. The fourth-order valence-corrected chi connectivity index (χ4v) is 2.80. The third kappa shape index (κ3) is 3.51. The van der Waals surface area contributed by atoms with Gasteiger partial charge in [-0.3, -0.25) is 0 Å². The minimum absolute atomic E-state index is 0.0594. The molecule has 2 aromatic carbocycles. The Morgan fingerprint density at radius 1 is 0.960 bits per heavy atom. The van der Waals surface area contributed by atoms with Gasteiger partial charge in [-0.15, -0.1) is 0 Å². The SMILES string of the molecule is Fc1ccccc1-c1ccc(CNC[C@@H]2COc3ccccc3O2)o1. The summed E-state index contributed by atoms with van der Waals surface area (Å²) in [6, 6.07) is 17.8. The van der Waals surface area contributed by atoms with Crippen molar-refractivity contribution in [1.29, 1.82) is 0 Å². The van der Waals surface area contributed by atoms with Crippen molar-refractivity contribution in [3.63, 3.8) is 0 Å². The van der Waals surface area contributed by atoms with Crippen LogP contribution in [0.25, 0.3) is 11.3 Å². The summed E-state index contributed by atoms with van der Waals surface area (Å²) in [6.45, 7) is 1.67. The zero-order valence-electron chi connectivity index (χ0n) is 13.6. The zero-order chi connectivity index (χ0) is 17.1. The van der Waals surface area contributed by atoms with E-state index < -0.39 is 0 Å². The highest BCUT2D eigenvalue weighted by Crippen LogP contribution is 2.30. The number of hydrogen-bond donors (Lipinski definition) is 1. The molecule has 128 valence electrons. The second-order valence-electron chi connectivity index (χ2n) is 5.87. The molecule has 0 saturated heterocycles. The number of benzene rings is 2. The Balaban J connectivity index is 1.32. The first-order valence-corrected chi connectivity index (χ1v) is 8.22. The van der Waals surface area contributed by atoms with Gasteiger partial charge >= 0.3 is 0 Å². The lowest BCUT2D eigenvalue weighted by atomic mass is 10.1. The standard InChI is InChI=1S/C20H18FNO3/c21-17-6-2-1-5-16(17)18-10-9-14(24-18)11-22-12-15-13-23-19-7-3-4-8-20(19)25-15/h1-10,15,22H,11-13H2/t15-/m1/s1. The molecular weight excluding hydrogens is 321 g/mol. The van der Waals surface area contributed by atoms with E-state index in [1.807, 2.05) is 30.3 Å². The van der Waals surface area contributed by atoms with Crippen molar-refractivity contribution >= 4 is 0 Å². The maximum Gasteiger partial charge on any atom is 0.161 e. The predicted molar refractivity (Wildman–Crippen MR) is 92.2 cm³/mol. The van der Waals surface area contributed by atoms with Crippen LogP contribution in [0, 0.1) is 5.82 Å². The van der Waals surface area contributed by atoms with Crippen molar-refractivity contribution in [2.24, 2.45) is 0 Å². The molecule has 2 heterocycles. The van der Waals surface area contributed by atoms with Crippen LogP contribution in [0.4, 0.5) is 4.39 Å². The molecule has 1 N–H and O–H groups in total. The van der Waals surface area contributed by atoms with E-state index in [4.69, 9.17) is 13.9 Å². The molecule has 4 rings (SSSR count). The van der Waals surface area contributed by atoms with Gasteiger partial charge in [-0.05, 0) is 36.4 Å². The number of halogens is 1. The van der Waals surface area contributed by atoms with Crippen molar-refractivity contribution in [2.45, 2.75) is 12.6 Å². The van der Waals surface area contributed by atoms with Crippen LogP contribution >= 0.6 is 0 Å². The minimum atomic E-state index is -0.289. The molecule has 3 aromatic rings. The molecule has 5 heteroatoms. The maximum atomic E-state index is 13.8. The lowest BCUT2D eigenvalue weighted by Crippen LogP contribution is -2.38. The Labute approximate surface area is 145 Å². The van der Waals surface area contributed by atoms with E-state index in [9.17, 15) is 4.39 Å². The van der Waals surface area contributed by atoms with Gasteiger partial charge in [-0.25, -0.2) is 4.39 Å². The van der Waals surface area contributed by atoms with Crippen molar-refractivity contribution in [3.8, 4) is 22.8 Å². The molecule has 0 saturated carbocycles. The molecule has 1 atom stereocenters. The van der Waals surface area contributed by atoms with Gasteiger partial charge in [0.1, 0.15) is 30.0 Å². The van der Waals surface area contributed by atoms with Crippen LogP contribution in [0.1, 0.15) is 5.76 Å². The fraction of sp³-hybridized carbons (Fsp3) is 0.200. The summed E-state index contributed by atoms with van der Waals surface area (Å²) in [7, 11) is 0. The second kappa shape index (κ2) is 6.99. The van der Waals surface area contributed by atoms with Gasteiger partial charge in [0.15, 0.2) is 11.5 Å². The number of fused-ring (bicyclic) bond motifs is 1. The molecule has 4 nitrogen and oxygen atoms in total. The summed E-state index contributed by atoms with van der Waals surface area (Å²) in [6.07, 6.45) is -0.0594. The summed E-state index contributed by atoms with van der Waals surface area (Å²) in [4.78, 5) is 0. The largest absolute Gasteiger partial charge is 0.486 e. The van der Waals surface area contributed by atoms with Crippen LogP contribution in [0.15, 0.2) is 65.1 Å². The van der Waals surface area contributed by atoms with Crippen LogP contribution < -0.4 is 14.8 Å². The molecule has 0 aliphatic carbocycles. The molecule has 1 aliphatic heterocycles. The van der Waals surface area contributed by atoms with E-state index >= 15 is 0 Å². The molecule has 1 aromatic heterocycles. The van der Waals surface area contributed by atoms with Crippen molar-refractivity contribution in [2.75, 3.05) is 13.2 Å². The first-order valence-electron chi connectivity index (χ1n) is 8.22. The minimum Gasteiger partial charge on any atom is -0.486 e. The normalized spacial score (nSPS) is 16.0. The number of rotatable bonds is 5. The number of furan rings is 1. The van der Waals surface area contributed by atoms with Crippen LogP contribution in [-0.4, -0.2) is 19.3 Å². The van der Waals surface area contributed by atoms with Crippen LogP contribution in [0.2, 0.25) is 0 Å². The Kier molecular flexibility index (Phi) is 4.39. The van der Waals surface area contributed by atoms with E-state index in [2.05, 4.69) is 5.32 Å². The van der Waals surface area contributed by atoms with Gasteiger partial charge in [0.05, 0.1) is 12.1 Å². The number of para-hydroxylation sites is 2. The van der Waals surface area contributed by atoms with Gasteiger partial charge in [0, 0.05) is 6.54 Å². The van der Waals surface area contributed by atoms with E-state index in [0.717, 1.165) is 17.3 Å². The van der Waals surface area contributed by atoms with Crippen LogP contribution in [-0.2, 0) is 6.54 Å². The van der Waals surface area contributed by atoms with Crippen molar-refractivity contribution in [3.05, 3.63) is 72.2 Å². The molecule has 0 radical (unpaired) electrons. The number of ether oxygens (including phenoxy) is 2. The molecule has 25 heavy (non-hydrogen) atoms. The first-order chi connectivity index (χ1) is 12.3. The zero-order valence-corrected chi connectivity index (χ0v) is 13.6. The van der Waals surface area contributed by atoms with E-state index in [1.165, 1.54) is 6.07 Å². The van der Waals surface area contributed by atoms with Gasteiger partial charge in [-0.1, -0.05) is 24.3 Å². The Morgan fingerprint density at radius 2 is 1.76 bits per heavy atom. The fourth-order valence-electron chi connectivity index (χ4n) is 2.80. The second-order valence-corrected chi connectivity index (χ2v) is 5.87. The molecule has 0 amide bonds. The average Bonchev–Trinajstić information content (AvgIpc) is 3.11. The topological polar surface area (TPSA) is 43.6 Å². The molecule has 1 aliphatic rings. The third-order valence-corrected chi connectivity index (χ3v) is 4.04. The molecular formula is C20H18FNO3. The van der Waals surface area contributed by atoms with Crippen LogP contribution in [0.3, 0.4) is 0 Å². The smallest absolute Gasteiger partial charge is 0.161 e. The lowest BCUT2D eigenvalue weighted by Gasteiger charge is -2.26. The lowest BCUT2D eigenvalue weighted by molar-refractivity contribution is 0.0899. The summed E-state index contributed by atoms with van der Waals surface area (Å²) >= 11 is 0. The Hall–Kier alpha value is -2.79. The van der Waals surface area contributed by atoms with Crippen LogP contribution in [0.5, 0.6) is 11.5 Å². The van der Waals surface area contributed by atoms with Crippen molar-refractivity contribution < 1.29 is 18.3 Å². The predicted octanol–water partition coefficient (Wildman–Crippen LogP) is 4.02. The summed E-state index contributed by atoms with van der Waals surface area (Å²) in [5.74, 6) is 2.53. The number of nitrogens with one attached hydrogen (secondary N) is 1. The molecule has 0 bridgehead atoms. The van der Waals surface area contributed by atoms with E-state index in [0.29, 0.717) is 31.0 Å². The Bertz CT molecular complexity index is 861. The highest BCUT2D eigenvalue weighted by molar-refractivity contribution is 5.58.